The fraction of sp³-hybridized carbons (Fsp3) is 0.286. The molecule has 0 saturated carbocycles. The molecular weight excluding hydrogens is 194 g/mol. The average molecular weight is 202 g/mol. The van der Waals surface area contributed by atoms with Crippen LogP contribution in [0.1, 0.15) is 6.92 Å². The summed E-state index contributed by atoms with van der Waals surface area (Å²) in [7, 11) is 1.45. The second-order valence-electron chi connectivity index (χ2n) is 2.24. The van der Waals surface area contributed by atoms with Gasteiger partial charge >= 0.3 is 0 Å². The molecule has 1 heterocycles. The minimum atomic E-state index is -0.260. The summed E-state index contributed by atoms with van der Waals surface area (Å²) in [5.74, 6) is 0.185. The summed E-state index contributed by atoms with van der Waals surface area (Å²) in [6.45, 7) is 1.36. The van der Waals surface area contributed by atoms with Gasteiger partial charge in [0.25, 0.3) is 0 Å². The number of hydrogen-bond acceptors (Lipinski definition) is 4. The predicted molar refractivity (Wildman–Crippen MR) is 47.9 cm³/mol. The summed E-state index contributed by atoms with van der Waals surface area (Å²) >= 11 is 5.63. The molecule has 0 unspecified atom stereocenters. The van der Waals surface area contributed by atoms with Gasteiger partial charge in [0.1, 0.15) is 5.15 Å². The number of anilines is 1. The molecular formula is C7H8ClN3O2. The topological polar surface area (TPSA) is 64.1 Å². The maximum Gasteiger partial charge on any atom is 0.234 e. The van der Waals surface area contributed by atoms with E-state index in [1.54, 1.807) is 0 Å². The van der Waals surface area contributed by atoms with E-state index in [0.717, 1.165) is 0 Å². The van der Waals surface area contributed by atoms with E-state index in [0.29, 0.717) is 5.88 Å². The van der Waals surface area contributed by atoms with Crippen LogP contribution in [-0.2, 0) is 4.79 Å². The minimum absolute atomic E-state index is 0.136. The second-order valence-corrected chi connectivity index (χ2v) is 2.63. The summed E-state index contributed by atoms with van der Waals surface area (Å²) in [6, 6.07) is 1.45. The zero-order valence-corrected chi connectivity index (χ0v) is 7.92. The number of hydrogen-bond donors (Lipinski definition) is 1. The van der Waals surface area contributed by atoms with E-state index in [-0.39, 0.29) is 17.0 Å². The molecule has 1 aromatic heterocycles. The van der Waals surface area contributed by atoms with E-state index < -0.39 is 0 Å². The first kappa shape index (κ1) is 9.73. The van der Waals surface area contributed by atoms with Crippen LogP contribution >= 0.6 is 11.6 Å². The molecule has 1 N–H and O–H groups in total. The zero-order valence-electron chi connectivity index (χ0n) is 7.17. The smallest absolute Gasteiger partial charge is 0.234 e. The molecule has 0 saturated heterocycles. The van der Waals surface area contributed by atoms with Crippen LogP contribution in [0.4, 0.5) is 5.95 Å². The van der Waals surface area contributed by atoms with Gasteiger partial charge in [-0.15, -0.1) is 0 Å². The fourth-order valence-corrected chi connectivity index (χ4v) is 0.888. The summed E-state index contributed by atoms with van der Waals surface area (Å²) < 4.78 is 4.83. The second kappa shape index (κ2) is 4.04. The molecule has 0 aliphatic carbocycles. The first-order valence-electron chi connectivity index (χ1n) is 3.48. The van der Waals surface area contributed by atoms with Gasteiger partial charge in [-0.3, -0.25) is 10.1 Å². The molecule has 0 fully saturated rings. The van der Waals surface area contributed by atoms with Crippen LogP contribution in [0.2, 0.25) is 5.15 Å². The van der Waals surface area contributed by atoms with Gasteiger partial charge in [-0.2, -0.15) is 4.98 Å². The Morgan fingerprint density at radius 1 is 1.62 bits per heavy atom. The molecule has 0 aliphatic heterocycles. The first-order valence-corrected chi connectivity index (χ1v) is 3.86. The highest BCUT2D eigenvalue weighted by Gasteiger charge is 2.03. The Morgan fingerprint density at radius 2 is 2.31 bits per heavy atom. The highest BCUT2D eigenvalue weighted by atomic mass is 35.5. The van der Waals surface area contributed by atoms with E-state index in [4.69, 9.17) is 16.3 Å². The Kier molecular flexibility index (Phi) is 3.02. The SMILES string of the molecule is COc1cc(Cl)nc(NC(C)=O)n1. The van der Waals surface area contributed by atoms with E-state index in [2.05, 4.69) is 15.3 Å². The van der Waals surface area contributed by atoms with Gasteiger partial charge < -0.3 is 4.74 Å². The van der Waals surface area contributed by atoms with Gasteiger partial charge in [-0.05, 0) is 0 Å². The number of nitrogens with zero attached hydrogens (tertiary/aromatic N) is 2. The van der Waals surface area contributed by atoms with Crippen LogP contribution in [0.25, 0.3) is 0 Å². The quantitative estimate of drug-likeness (QED) is 0.728. The lowest BCUT2D eigenvalue weighted by molar-refractivity contribution is -0.114. The number of halogens is 1. The van der Waals surface area contributed by atoms with Crippen LogP contribution in [-0.4, -0.2) is 23.0 Å². The largest absolute Gasteiger partial charge is 0.481 e. The molecule has 13 heavy (non-hydrogen) atoms. The minimum Gasteiger partial charge on any atom is -0.481 e. The van der Waals surface area contributed by atoms with Crippen molar-refractivity contribution in [2.24, 2.45) is 0 Å². The molecule has 1 amide bonds. The van der Waals surface area contributed by atoms with E-state index in [1.807, 2.05) is 0 Å². The summed E-state index contributed by atoms with van der Waals surface area (Å²) in [5, 5.41) is 2.61. The van der Waals surface area contributed by atoms with Crippen molar-refractivity contribution in [1.29, 1.82) is 0 Å². The molecule has 1 rings (SSSR count). The normalized spacial score (nSPS) is 9.46. The number of carbonyl (C=O) groups is 1. The summed E-state index contributed by atoms with van der Waals surface area (Å²) in [6.07, 6.45) is 0. The number of amides is 1. The monoisotopic (exact) mass is 201 g/mol. The third kappa shape index (κ3) is 2.87. The van der Waals surface area contributed by atoms with Crippen molar-refractivity contribution in [1.82, 2.24) is 9.97 Å². The Balaban J connectivity index is 2.94. The van der Waals surface area contributed by atoms with E-state index >= 15 is 0 Å². The molecule has 0 radical (unpaired) electrons. The van der Waals surface area contributed by atoms with E-state index in [9.17, 15) is 4.79 Å². The van der Waals surface area contributed by atoms with Crippen LogP contribution < -0.4 is 10.1 Å². The number of ether oxygens (including phenoxy) is 1. The van der Waals surface area contributed by atoms with E-state index in [1.165, 1.54) is 20.1 Å². The number of methoxy groups -OCH3 is 1. The number of aromatic nitrogens is 2. The lowest BCUT2D eigenvalue weighted by Crippen LogP contribution is -2.09. The van der Waals surface area contributed by atoms with Crippen molar-refractivity contribution in [3.8, 4) is 5.88 Å². The third-order valence-corrected chi connectivity index (χ3v) is 1.36. The highest BCUT2D eigenvalue weighted by Crippen LogP contribution is 2.15. The lowest BCUT2D eigenvalue weighted by Gasteiger charge is -2.02. The molecule has 0 aromatic carbocycles. The highest BCUT2D eigenvalue weighted by molar-refractivity contribution is 6.29. The number of rotatable bonds is 2. The van der Waals surface area contributed by atoms with Crippen LogP contribution in [0.5, 0.6) is 5.88 Å². The maximum atomic E-state index is 10.6. The Bertz CT molecular complexity index is 330. The van der Waals surface area contributed by atoms with Gasteiger partial charge in [0.15, 0.2) is 0 Å². The van der Waals surface area contributed by atoms with Crippen molar-refractivity contribution in [3.05, 3.63) is 11.2 Å². The van der Waals surface area contributed by atoms with Gasteiger partial charge in [-0.25, -0.2) is 4.98 Å². The van der Waals surface area contributed by atoms with Crippen molar-refractivity contribution in [2.75, 3.05) is 12.4 Å². The first-order chi connectivity index (χ1) is 6.11. The van der Waals surface area contributed by atoms with Crippen LogP contribution in [0.3, 0.4) is 0 Å². The molecule has 0 aliphatic rings. The molecule has 70 valence electrons. The molecule has 1 aromatic rings. The Labute approximate surface area is 80.1 Å². The van der Waals surface area contributed by atoms with Gasteiger partial charge in [0, 0.05) is 13.0 Å². The number of carbonyl (C=O) groups excluding carboxylic acids is 1. The average Bonchev–Trinajstić information content (AvgIpc) is 2.01. The van der Waals surface area contributed by atoms with Gasteiger partial charge in [0.05, 0.1) is 7.11 Å². The molecule has 5 nitrogen and oxygen atoms in total. The maximum absolute atomic E-state index is 10.6. The van der Waals surface area contributed by atoms with Crippen molar-refractivity contribution in [3.63, 3.8) is 0 Å². The van der Waals surface area contributed by atoms with Crippen molar-refractivity contribution in [2.45, 2.75) is 6.92 Å². The van der Waals surface area contributed by atoms with Crippen LogP contribution in [0.15, 0.2) is 6.07 Å². The summed E-state index contributed by atoms with van der Waals surface area (Å²) in [4.78, 5) is 18.3. The van der Waals surface area contributed by atoms with Crippen molar-refractivity contribution >= 4 is 23.5 Å². The molecule has 0 atom stereocenters. The fourth-order valence-electron chi connectivity index (χ4n) is 0.715. The standard InChI is InChI=1S/C7H8ClN3O2/c1-4(12)9-7-10-5(8)3-6(11-7)13-2/h3H,1-2H3,(H,9,10,11,12). The molecule has 6 heteroatoms. The van der Waals surface area contributed by atoms with Gasteiger partial charge in [0.2, 0.25) is 17.7 Å². The number of nitrogens with one attached hydrogen (secondary N) is 1. The zero-order chi connectivity index (χ0) is 9.84. The summed E-state index contributed by atoms with van der Waals surface area (Å²) in [5.41, 5.74) is 0. The molecule has 0 spiro atoms. The Morgan fingerprint density at radius 3 is 2.85 bits per heavy atom. The lowest BCUT2D eigenvalue weighted by atomic mass is 10.6. The predicted octanol–water partition coefficient (Wildman–Crippen LogP) is 1.10. The third-order valence-electron chi connectivity index (χ3n) is 1.17. The van der Waals surface area contributed by atoms with Crippen LogP contribution in [0, 0.1) is 0 Å². The van der Waals surface area contributed by atoms with Crippen molar-refractivity contribution < 1.29 is 9.53 Å². The Hall–Kier alpha value is -1.36. The molecule has 0 bridgehead atoms. The van der Waals surface area contributed by atoms with Gasteiger partial charge in [-0.1, -0.05) is 11.6 Å².